The lowest BCUT2D eigenvalue weighted by atomic mass is 10.2. The number of rotatable bonds is 5. The molecule has 0 spiro atoms. The van der Waals surface area contributed by atoms with Crippen molar-refractivity contribution in [3.05, 3.63) is 59.4 Å². The fraction of sp³-hybridized carbons (Fsp3) is 0.111. The number of para-hydroxylation sites is 2. The number of aromatic nitrogens is 2. The second-order valence-corrected chi connectivity index (χ2v) is 5.71. The molecule has 0 aliphatic carbocycles. The number of aryl methyl sites for hydroxylation is 1. The van der Waals surface area contributed by atoms with E-state index in [1.807, 2.05) is 31.2 Å². The second-order valence-electron chi connectivity index (χ2n) is 5.28. The van der Waals surface area contributed by atoms with Crippen molar-refractivity contribution < 1.29 is 9.47 Å². The summed E-state index contributed by atoms with van der Waals surface area (Å²) in [6.07, 6.45) is 1.38. The molecule has 1 heterocycles. The molecule has 3 aromatic rings. The van der Waals surface area contributed by atoms with Gasteiger partial charge in [-0.15, -0.1) is 0 Å². The molecule has 0 amide bonds. The average Bonchev–Trinajstić information content (AvgIpc) is 2.61. The van der Waals surface area contributed by atoms with Crippen LogP contribution in [-0.2, 0) is 0 Å². The van der Waals surface area contributed by atoms with Gasteiger partial charge in [-0.1, -0.05) is 23.7 Å². The number of ether oxygens (including phenoxy) is 2. The zero-order valence-electron chi connectivity index (χ0n) is 13.8. The largest absolute Gasteiger partial charge is 0.493 e. The molecule has 0 unspecified atom stereocenters. The number of nitrogens with two attached hydrogens (primary N) is 1. The summed E-state index contributed by atoms with van der Waals surface area (Å²) in [5.41, 5.74) is 8.28. The molecule has 0 bridgehead atoms. The Morgan fingerprint density at radius 3 is 2.56 bits per heavy atom. The predicted octanol–water partition coefficient (Wildman–Crippen LogP) is 4.57. The van der Waals surface area contributed by atoms with Crippen molar-refractivity contribution in [3.8, 4) is 17.4 Å². The third-order valence-electron chi connectivity index (χ3n) is 3.56. The summed E-state index contributed by atoms with van der Waals surface area (Å²) in [5, 5.41) is 3.84. The van der Waals surface area contributed by atoms with Crippen LogP contribution in [0.3, 0.4) is 0 Å². The van der Waals surface area contributed by atoms with Gasteiger partial charge in [0.25, 0.3) is 0 Å². The minimum atomic E-state index is 0.244. The quantitative estimate of drug-likeness (QED) is 0.697. The highest BCUT2D eigenvalue weighted by atomic mass is 35.5. The van der Waals surface area contributed by atoms with Crippen LogP contribution in [0.1, 0.15) is 5.56 Å². The van der Waals surface area contributed by atoms with Crippen LogP contribution in [-0.4, -0.2) is 17.1 Å². The Bertz CT molecular complexity index is 902. The second kappa shape index (κ2) is 7.27. The molecule has 3 N–H and O–H groups in total. The first kappa shape index (κ1) is 16.9. The zero-order chi connectivity index (χ0) is 17.8. The molecule has 1 aromatic heterocycles. The van der Waals surface area contributed by atoms with Gasteiger partial charge in [0.15, 0.2) is 17.3 Å². The van der Waals surface area contributed by atoms with Crippen molar-refractivity contribution >= 4 is 28.8 Å². The lowest BCUT2D eigenvalue weighted by Gasteiger charge is -2.14. The average molecular weight is 357 g/mol. The minimum Gasteiger partial charge on any atom is -0.493 e. The van der Waals surface area contributed by atoms with E-state index < -0.39 is 0 Å². The summed E-state index contributed by atoms with van der Waals surface area (Å²) >= 11 is 5.99. The number of nitrogens with one attached hydrogen (secondary N) is 1. The molecule has 0 radical (unpaired) electrons. The van der Waals surface area contributed by atoms with Crippen LogP contribution in [0.2, 0.25) is 5.02 Å². The van der Waals surface area contributed by atoms with E-state index in [2.05, 4.69) is 15.3 Å². The van der Waals surface area contributed by atoms with E-state index in [1.165, 1.54) is 6.33 Å². The van der Waals surface area contributed by atoms with Crippen LogP contribution in [0, 0.1) is 6.92 Å². The highest BCUT2D eigenvalue weighted by Crippen LogP contribution is 2.35. The number of hydrogen-bond acceptors (Lipinski definition) is 6. The Balaban J connectivity index is 1.89. The highest BCUT2D eigenvalue weighted by molar-refractivity contribution is 6.30. The van der Waals surface area contributed by atoms with Gasteiger partial charge in [0, 0.05) is 10.7 Å². The first-order chi connectivity index (χ1) is 12.1. The molecule has 25 heavy (non-hydrogen) atoms. The summed E-state index contributed by atoms with van der Waals surface area (Å²) in [6.45, 7) is 1.94. The van der Waals surface area contributed by atoms with E-state index in [-0.39, 0.29) is 5.88 Å². The van der Waals surface area contributed by atoms with Crippen LogP contribution < -0.4 is 20.5 Å². The fourth-order valence-electron chi connectivity index (χ4n) is 2.26. The van der Waals surface area contributed by atoms with Crippen molar-refractivity contribution in [2.75, 3.05) is 18.2 Å². The van der Waals surface area contributed by atoms with Gasteiger partial charge in [-0.05, 0) is 42.8 Å². The monoisotopic (exact) mass is 356 g/mol. The normalized spacial score (nSPS) is 10.4. The summed E-state index contributed by atoms with van der Waals surface area (Å²) in [7, 11) is 1.57. The third-order valence-corrected chi connectivity index (χ3v) is 3.80. The van der Waals surface area contributed by atoms with E-state index in [0.29, 0.717) is 28.0 Å². The number of anilines is 3. The number of nitrogens with zero attached hydrogens (tertiary/aromatic N) is 2. The molecule has 7 heteroatoms. The van der Waals surface area contributed by atoms with Gasteiger partial charge in [0.1, 0.15) is 12.0 Å². The molecule has 0 aliphatic rings. The number of halogens is 1. The van der Waals surface area contributed by atoms with Crippen LogP contribution in [0.15, 0.2) is 48.8 Å². The van der Waals surface area contributed by atoms with Crippen molar-refractivity contribution in [1.82, 2.24) is 9.97 Å². The predicted molar refractivity (Wildman–Crippen MR) is 99.0 cm³/mol. The summed E-state index contributed by atoms with van der Waals surface area (Å²) in [5.74, 6) is 1.80. The Morgan fingerprint density at radius 2 is 1.84 bits per heavy atom. The number of methoxy groups -OCH3 is 1. The Labute approximate surface area is 150 Å². The van der Waals surface area contributed by atoms with Crippen molar-refractivity contribution in [3.63, 3.8) is 0 Å². The Morgan fingerprint density at radius 1 is 1.08 bits per heavy atom. The lowest BCUT2D eigenvalue weighted by molar-refractivity contribution is 0.374. The highest BCUT2D eigenvalue weighted by Gasteiger charge is 2.13. The maximum atomic E-state index is 6.17. The van der Waals surface area contributed by atoms with E-state index in [1.54, 1.807) is 25.3 Å². The smallest absolute Gasteiger partial charge is 0.248 e. The zero-order valence-corrected chi connectivity index (χ0v) is 14.5. The fourth-order valence-corrected chi connectivity index (χ4v) is 2.49. The molecular weight excluding hydrogens is 340 g/mol. The van der Waals surface area contributed by atoms with Gasteiger partial charge < -0.3 is 20.5 Å². The maximum absolute atomic E-state index is 6.17. The Hall–Kier alpha value is -2.99. The molecule has 0 fully saturated rings. The summed E-state index contributed by atoms with van der Waals surface area (Å²) in [6, 6.07) is 12.8. The first-order valence-electron chi connectivity index (χ1n) is 7.53. The summed E-state index contributed by atoms with van der Waals surface area (Å²) in [4.78, 5) is 8.30. The van der Waals surface area contributed by atoms with Crippen LogP contribution in [0.25, 0.3) is 0 Å². The maximum Gasteiger partial charge on any atom is 0.248 e. The SMILES string of the molecule is COc1ccccc1Oc1ncnc(Nc2ccc(Cl)cc2C)c1N. The van der Waals surface area contributed by atoms with Crippen molar-refractivity contribution in [2.45, 2.75) is 6.92 Å². The van der Waals surface area contributed by atoms with Gasteiger partial charge in [-0.3, -0.25) is 0 Å². The molecule has 0 saturated carbocycles. The molecule has 6 nitrogen and oxygen atoms in total. The van der Waals surface area contributed by atoms with Gasteiger partial charge in [0.2, 0.25) is 5.88 Å². The Kier molecular flexibility index (Phi) is 4.90. The van der Waals surface area contributed by atoms with Crippen LogP contribution in [0.4, 0.5) is 17.2 Å². The van der Waals surface area contributed by atoms with Crippen molar-refractivity contribution in [2.24, 2.45) is 0 Å². The first-order valence-corrected chi connectivity index (χ1v) is 7.91. The van der Waals surface area contributed by atoms with Gasteiger partial charge in [0.05, 0.1) is 7.11 Å². The molecule has 0 saturated heterocycles. The van der Waals surface area contributed by atoms with Gasteiger partial charge in [-0.25, -0.2) is 4.98 Å². The molecule has 3 rings (SSSR count). The van der Waals surface area contributed by atoms with Gasteiger partial charge >= 0.3 is 0 Å². The topological polar surface area (TPSA) is 82.3 Å². The lowest BCUT2D eigenvalue weighted by Crippen LogP contribution is -2.04. The van der Waals surface area contributed by atoms with Gasteiger partial charge in [-0.2, -0.15) is 4.98 Å². The number of benzene rings is 2. The number of hydrogen-bond donors (Lipinski definition) is 2. The van der Waals surface area contributed by atoms with E-state index in [4.69, 9.17) is 26.8 Å². The standard InChI is InChI=1S/C18H17ClN4O2/c1-11-9-12(19)7-8-13(11)23-17-16(20)18(22-10-21-17)25-15-6-4-3-5-14(15)24-2/h3-10H,20H2,1-2H3,(H,21,22,23). The van der Waals surface area contributed by atoms with E-state index in [0.717, 1.165) is 11.3 Å². The van der Waals surface area contributed by atoms with Crippen LogP contribution in [0.5, 0.6) is 17.4 Å². The van der Waals surface area contributed by atoms with E-state index in [9.17, 15) is 0 Å². The summed E-state index contributed by atoms with van der Waals surface area (Å²) < 4.78 is 11.1. The molecule has 0 aliphatic heterocycles. The van der Waals surface area contributed by atoms with Crippen LogP contribution >= 0.6 is 11.6 Å². The van der Waals surface area contributed by atoms with Crippen molar-refractivity contribution in [1.29, 1.82) is 0 Å². The number of nitrogen functional groups attached to an aromatic ring is 1. The molecular formula is C18H17ClN4O2. The molecule has 2 aromatic carbocycles. The minimum absolute atomic E-state index is 0.244. The molecule has 0 atom stereocenters. The van der Waals surface area contributed by atoms with E-state index >= 15 is 0 Å². The molecule has 128 valence electrons. The third kappa shape index (κ3) is 3.75.